The zero-order chi connectivity index (χ0) is 20.7. The van der Waals surface area contributed by atoms with E-state index in [0.717, 1.165) is 36.7 Å². The van der Waals surface area contributed by atoms with Gasteiger partial charge in [0, 0.05) is 5.56 Å². The zero-order valence-corrected chi connectivity index (χ0v) is 16.6. The third kappa shape index (κ3) is 7.65. The molecule has 28 heavy (non-hydrogen) atoms. The Morgan fingerprint density at radius 1 is 1.07 bits per heavy atom. The zero-order valence-electron chi connectivity index (χ0n) is 15.8. The molecule has 9 heteroatoms. The number of ether oxygens (including phenoxy) is 1. The van der Waals surface area contributed by atoms with Crippen molar-refractivity contribution >= 4 is 16.2 Å². The molecule has 1 aliphatic rings. The highest BCUT2D eigenvalue weighted by molar-refractivity contribution is 7.79. The quantitative estimate of drug-likeness (QED) is 0.513. The van der Waals surface area contributed by atoms with Gasteiger partial charge in [0.05, 0.1) is 19.2 Å². The molecule has 1 heterocycles. The van der Waals surface area contributed by atoms with Crippen LogP contribution < -0.4 is 10.6 Å². The van der Waals surface area contributed by atoms with E-state index in [-0.39, 0.29) is 6.10 Å². The van der Waals surface area contributed by atoms with Crippen LogP contribution in [0.2, 0.25) is 0 Å². The Labute approximate surface area is 165 Å². The smallest absolute Gasteiger partial charge is 0.394 e. The lowest BCUT2D eigenvalue weighted by Crippen LogP contribution is -2.34. The monoisotopic (exact) mass is 407 g/mol. The summed E-state index contributed by atoms with van der Waals surface area (Å²) in [5, 5.41) is 1.71. The van der Waals surface area contributed by atoms with E-state index in [1.54, 1.807) is 5.01 Å². The molecule has 0 fully saturated rings. The van der Waals surface area contributed by atoms with Crippen LogP contribution in [0.1, 0.15) is 30.5 Å². The number of aliphatic imine (C=N–C) groups is 1. The van der Waals surface area contributed by atoms with Crippen LogP contribution >= 0.6 is 0 Å². The van der Waals surface area contributed by atoms with Gasteiger partial charge >= 0.3 is 10.4 Å². The van der Waals surface area contributed by atoms with Crippen molar-refractivity contribution in [3.63, 3.8) is 0 Å². The van der Waals surface area contributed by atoms with Gasteiger partial charge in [-0.1, -0.05) is 36.4 Å². The molecule has 0 atom stereocenters. The average molecular weight is 407 g/mol. The molecule has 0 saturated heterocycles. The van der Waals surface area contributed by atoms with E-state index in [9.17, 15) is 0 Å². The minimum atomic E-state index is -4.67. The second-order valence-electron chi connectivity index (χ2n) is 6.53. The molecule has 0 bridgehead atoms. The molecular formula is C19H25N3O5S. The van der Waals surface area contributed by atoms with Gasteiger partial charge in [-0.2, -0.15) is 8.42 Å². The summed E-state index contributed by atoms with van der Waals surface area (Å²) in [4.78, 5) is 4.44. The molecule has 1 aliphatic heterocycles. The Morgan fingerprint density at radius 2 is 1.57 bits per heavy atom. The second kappa shape index (κ2) is 9.65. The van der Waals surface area contributed by atoms with Crippen LogP contribution in [0, 0.1) is 0 Å². The molecule has 0 spiro atoms. The fraction of sp³-hybridized carbons (Fsp3) is 0.316. The van der Waals surface area contributed by atoms with Crippen molar-refractivity contribution < 1.29 is 22.3 Å². The molecule has 2 aromatic rings. The summed E-state index contributed by atoms with van der Waals surface area (Å²) in [5.74, 6) is 7.71. The Morgan fingerprint density at radius 3 is 2.00 bits per heavy atom. The van der Waals surface area contributed by atoms with E-state index in [0.29, 0.717) is 0 Å². The Bertz CT molecular complexity index is 886. The highest BCUT2D eigenvalue weighted by Crippen LogP contribution is 2.17. The van der Waals surface area contributed by atoms with Crippen molar-refractivity contribution in [1.29, 1.82) is 0 Å². The molecule has 8 nitrogen and oxygen atoms in total. The van der Waals surface area contributed by atoms with Crippen LogP contribution in [0.3, 0.4) is 0 Å². The number of hydrazine groups is 1. The van der Waals surface area contributed by atoms with Crippen molar-refractivity contribution in [2.24, 2.45) is 10.8 Å². The lowest BCUT2D eigenvalue weighted by molar-refractivity contribution is 0.242. The van der Waals surface area contributed by atoms with Crippen LogP contribution in [0.4, 0.5) is 0 Å². The van der Waals surface area contributed by atoms with Crippen LogP contribution in [0.25, 0.3) is 0 Å². The van der Waals surface area contributed by atoms with E-state index in [1.165, 1.54) is 11.1 Å². The summed E-state index contributed by atoms with van der Waals surface area (Å²) >= 11 is 0. The maximum absolute atomic E-state index is 8.74. The normalized spacial score (nSPS) is 13.8. The molecule has 2 aromatic carbocycles. The summed E-state index contributed by atoms with van der Waals surface area (Å²) in [6.45, 7) is 5.64. The first-order valence-corrected chi connectivity index (χ1v) is 10.1. The van der Waals surface area contributed by atoms with Crippen molar-refractivity contribution in [3.05, 3.63) is 65.2 Å². The van der Waals surface area contributed by atoms with Gasteiger partial charge in [0.2, 0.25) is 0 Å². The lowest BCUT2D eigenvalue weighted by atomic mass is 10.0. The van der Waals surface area contributed by atoms with Crippen LogP contribution in [-0.4, -0.2) is 47.6 Å². The number of hydrogen-bond donors (Lipinski definition) is 3. The van der Waals surface area contributed by atoms with Crippen LogP contribution in [-0.2, 0) is 16.8 Å². The average Bonchev–Trinajstić information content (AvgIpc) is 3.01. The fourth-order valence-corrected chi connectivity index (χ4v) is 2.68. The van der Waals surface area contributed by atoms with Gasteiger partial charge in [-0.15, -0.1) is 0 Å². The summed E-state index contributed by atoms with van der Waals surface area (Å²) in [6.07, 6.45) is 1.11. The van der Waals surface area contributed by atoms with Crippen molar-refractivity contribution in [1.82, 2.24) is 5.01 Å². The van der Waals surface area contributed by atoms with Crippen molar-refractivity contribution in [2.45, 2.75) is 26.4 Å². The number of hydrogen-bond acceptors (Lipinski definition) is 6. The van der Waals surface area contributed by atoms with Gasteiger partial charge in [-0.05, 0) is 43.5 Å². The predicted molar refractivity (Wildman–Crippen MR) is 108 cm³/mol. The van der Waals surface area contributed by atoms with Crippen molar-refractivity contribution in [3.8, 4) is 5.75 Å². The standard InChI is InChI=1S/C19H23N3O.H2O4S/c1-14(2)23-18-9-5-16(6-10-18)13-15-3-7-17(8-4-15)19-21-11-12-22(19)20;1-5(2,3)4/h3-10,14H,11-13,20H2,1-2H3;(H2,1,2,3,4). The van der Waals surface area contributed by atoms with Gasteiger partial charge in [-0.3, -0.25) is 19.1 Å². The molecular weight excluding hydrogens is 382 g/mol. The van der Waals surface area contributed by atoms with Gasteiger partial charge in [-0.25, -0.2) is 5.84 Å². The first-order chi connectivity index (χ1) is 13.1. The van der Waals surface area contributed by atoms with E-state index in [4.69, 9.17) is 28.1 Å². The highest BCUT2D eigenvalue weighted by atomic mass is 32.3. The Balaban J connectivity index is 0.000000500. The number of nitrogens with zero attached hydrogens (tertiary/aromatic N) is 2. The van der Waals surface area contributed by atoms with Gasteiger partial charge in [0.1, 0.15) is 11.6 Å². The SMILES string of the molecule is CC(C)Oc1ccc(Cc2ccc(C3=NCCN3N)cc2)cc1.O=S(=O)(O)O. The Hall–Kier alpha value is -2.46. The van der Waals surface area contributed by atoms with Gasteiger partial charge in [0.25, 0.3) is 0 Å². The number of rotatable bonds is 5. The maximum Gasteiger partial charge on any atom is 0.394 e. The number of amidine groups is 1. The topological polar surface area (TPSA) is 125 Å². The molecule has 152 valence electrons. The minimum absolute atomic E-state index is 0.203. The van der Waals surface area contributed by atoms with E-state index in [2.05, 4.69) is 41.4 Å². The van der Waals surface area contributed by atoms with Crippen LogP contribution in [0.15, 0.2) is 53.5 Å². The molecule has 3 rings (SSSR count). The lowest BCUT2D eigenvalue weighted by Gasteiger charge is -2.13. The van der Waals surface area contributed by atoms with E-state index in [1.807, 2.05) is 26.0 Å². The maximum atomic E-state index is 8.74. The minimum Gasteiger partial charge on any atom is -0.491 e. The third-order valence-electron chi connectivity index (χ3n) is 3.79. The largest absolute Gasteiger partial charge is 0.491 e. The van der Waals surface area contributed by atoms with Gasteiger partial charge in [0.15, 0.2) is 0 Å². The molecule has 0 saturated carbocycles. The molecule has 0 aromatic heterocycles. The molecule has 0 unspecified atom stereocenters. The second-order valence-corrected chi connectivity index (χ2v) is 7.43. The third-order valence-corrected chi connectivity index (χ3v) is 3.79. The fourth-order valence-electron chi connectivity index (χ4n) is 2.68. The number of nitrogens with two attached hydrogens (primary N) is 1. The summed E-state index contributed by atoms with van der Waals surface area (Å²) in [6, 6.07) is 16.8. The molecule has 0 amide bonds. The number of benzene rings is 2. The van der Waals surface area contributed by atoms with E-state index >= 15 is 0 Å². The van der Waals surface area contributed by atoms with Crippen molar-refractivity contribution in [2.75, 3.05) is 13.1 Å². The predicted octanol–water partition coefficient (Wildman–Crippen LogP) is 2.35. The first kappa shape index (κ1) is 21.8. The summed E-state index contributed by atoms with van der Waals surface area (Å²) in [7, 11) is -4.67. The Kier molecular flexibility index (Phi) is 7.53. The molecule has 4 N–H and O–H groups in total. The first-order valence-electron chi connectivity index (χ1n) is 8.73. The molecule has 0 radical (unpaired) electrons. The van der Waals surface area contributed by atoms with Crippen LogP contribution in [0.5, 0.6) is 5.75 Å². The molecule has 0 aliphatic carbocycles. The summed E-state index contributed by atoms with van der Waals surface area (Å²) in [5.41, 5.74) is 3.62. The van der Waals surface area contributed by atoms with Gasteiger partial charge < -0.3 is 4.74 Å². The highest BCUT2D eigenvalue weighted by Gasteiger charge is 2.14. The van der Waals surface area contributed by atoms with E-state index < -0.39 is 10.4 Å². The summed E-state index contributed by atoms with van der Waals surface area (Å²) < 4.78 is 37.3.